The van der Waals surface area contributed by atoms with Gasteiger partial charge in [-0.15, -0.1) is 0 Å². The monoisotopic (exact) mass is 379 g/mol. The first-order chi connectivity index (χ1) is 12.2. The SMILES string of the molecule is CN=C(NCCc1nc(-c2ccc(Cl)cc2)no1)NCC1CCCS1. The fourth-order valence-corrected chi connectivity index (χ4v) is 3.92. The zero-order chi connectivity index (χ0) is 17.5. The van der Waals surface area contributed by atoms with Crippen LogP contribution in [0.2, 0.25) is 5.02 Å². The molecule has 25 heavy (non-hydrogen) atoms. The predicted octanol–water partition coefficient (Wildman–Crippen LogP) is 2.99. The van der Waals surface area contributed by atoms with E-state index in [-0.39, 0.29) is 0 Å². The number of nitrogens with zero attached hydrogens (tertiary/aromatic N) is 3. The number of aliphatic imine (C=N–C) groups is 1. The highest BCUT2D eigenvalue weighted by Crippen LogP contribution is 2.25. The van der Waals surface area contributed by atoms with E-state index in [2.05, 4.69) is 25.8 Å². The highest BCUT2D eigenvalue weighted by atomic mass is 35.5. The lowest BCUT2D eigenvalue weighted by atomic mass is 10.2. The van der Waals surface area contributed by atoms with E-state index >= 15 is 0 Å². The summed E-state index contributed by atoms with van der Waals surface area (Å²) in [5.41, 5.74) is 0.888. The lowest BCUT2D eigenvalue weighted by Crippen LogP contribution is -2.40. The zero-order valence-corrected chi connectivity index (χ0v) is 15.7. The summed E-state index contributed by atoms with van der Waals surface area (Å²) in [5.74, 6) is 3.25. The van der Waals surface area contributed by atoms with Gasteiger partial charge in [0.25, 0.3) is 0 Å². The highest BCUT2D eigenvalue weighted by Gasteiger charge is 2.15. The molecule has 1 saturated heterocycles. The van der Waals surface area contributed by atoms with E-state index in [9.17, 15) is 0 Å². The van der Waals surface area contributed by atoms with Crippen molar-refractivity contribution in [2.24, 2.45) is 4.99 Å². The summed E-state index contributed by atoms with van der Waals surface area (Å²) in [6, 6.07) is 7.38. The number of halogens is 1. The number of hydrogen-bond acceptors (Lipinski definition) is 5. The van der Waals surface area contributed by atoms with Gasteiger partial charge < -0.3 is 15.2 Å². The van der Waals surface area contributed by atoms with Gasteiger partial charge in [-0.1, -0.05) is 16.8 Å². The predicted molar refractivity (Wildman–Crippen MR) is 103 cm³/mol. The molecule has 6 nitrogen and oxygen atoms in total. The number of rotatable bonds is 6. The van der Waals surface area contributed by atoms with Crippen molar-refractivity contribution in [2.45, 2.75) is 24.5 Å². The van der Waals surface area contributed by atoms with E-state index in [1.165, 1.54) is 18.6 Å². The molecule has 134 valence electrons. The first-order valence-corrected chi connectivity index (χ1v) is 9.82. The van der Waals surface area contributed by atoms with E-state index in [4.69, 9.17) is 16.1 Å². The number of thioether (sulfide) groups is 1. The molecule has 0 radical (unpaired) electrons. The molecular formula is C17H22ClN5OS. The third-order valence-corrected chi connectivity index (χ3v) is 5.60. The fraction of sp³-hybridized carbons (Fsp3) is 0.471. The van der Waals surface area contributed by atoms with Gasteiger partial charge in [0.15, 0.2) is 5.96 Å². The summed E-state index contributed by atoms with van der Waals surface area (Å²) < 4.78 is 5.31. The lowest BCUT2D eigenvalue weighted by Gasteiger charge is -2.14. The van der Waals surface area contributed by atoms with Crippen molar-refractivity contribution in [2.75, 3.05) is 25.9 Å². The van der Waals surface area contributed by atoms with Gasteiger partial charge in [0, 0.05) is 42.4 Å². The number of aromatic nitrogens is 2. The Hall–Kier alpha value is -1.73. The van der Waals surface area contributed by atoms with Crippen molar-refractivity contribution >= 4 is 29.3 Å². The van der Waals surface area contributed by atoms with E-state index < -0.39 is 0 Å². The Kier molecular flexibility index (Phi) is 6.58. The van der Waals surface area contributed by atoms with Crippen LogP contribution in [-0.4, -0.2) is 47.2 Å². The minimum Gasteiger partial charge on any atom is -0.356 e. The van der Waals surface area contributed by atoms with Gasteiger partial charge in [0.05, 0.1) is 0 Å². The zero-order valence-electron chi connectivity index (χ0n) is 14.2. The first-order valence-electron chi connectivity index (χ1n) is 8.39. The number of hydrogen-bond donors (Lipinski definition) is 2. The van der Waals surface area contributed by atoms with E-state index in [1.54, 1.807) is 7.05 Å². The average molecular weight is 380 g/mol. The molecule has 1 aliphatic rings. The minimum atomic E-state index is 0.576. The molecule has 0 saturated carbocycles. The van der Waals surface area contributed by atoms with Gasteiger partial charge in [-0.3, -0.25) is 4.99 Å². The Morgan fingerprint density at radius 3 is 2.92 bits per heavy atom. The maximum atomic E-state index is 5.89. The number of nitrogens with one attached hydrogen (secondary N) is 2. The Morgan fingerprint density at radius 2 is 2.20 bits per heavy atom. The maximum Gasteiger partial charge on any atom is 0.228 e. The van der Waals surface area contributed by atoms with Crippen LogP contribution in [0.1, 0.15) is 18.7 Å². The number of benzene rings is 1. The third-order valence-electron chi connectivity index (χ3n) is 3.95. The molecule has 3 rings (SSSR count). The fourth-order valence-electron chi connectivity index (χ4n) is 2.60. The van der Waals surface area contributed by atoms with Crippen molar-refractivity contribution in [1.29, 1.82) is 0 Å². The molecular weight excluding hydrogens is 358 g/mol. The molecule has 1 aliphatic heterocycles. The van der Waals surface area contributed by atoms with Gasteiger partial charge in [-0.25, -0.2) is 0 Å². The van der Waals surface area contributed by atoms with Crippen molar-refractivity contribution in [3.63, 3.8) is 0 Å². The summed E-state index contributed by atoms with van der Waals surface area (Å²) in [6.45, 7) is 1.63. The quantitative estimate of drug-likeness (QED) is 0.593. The van der Waals surface area contributed by atoms with Crippen LogP contribution in [0.4, 0.5) is 0 Å². The van der Waals surface area contributed by atoms with Crippen LogP contribution in [0, 0.1) is 0 Å². The van der Waals surface area contributed by atoms with E-state index in [0.717, 1.165) is 18.1 Å². The molecule has 2 aromatic rings. The van der Waals surface area contributed by atoms with Gasteiger partial charge in [0.2, 0.25) is 11.7 Å². The summed E-state index contributed by atoms with van der Waals surface area (Å²) in [4.78, 5) is 8.66. The van der Waals surface area contributed by atoms with Crippen LogP contribution in [0.5, 0.6) is 0 Å². The average Bonchev–Trinajstić information content (AvgIpc) is 3.30. The van der Waals surface area contributed by atoms with Gasteiger partial charge in [-0.2, -0.15) is 16.7 Å². The van der Waals surface area contributed by atoms with Crippen LogP contribution >= 0.6 is 23.4 Å². The smallest absolute Gasteiger partial charge is 0.228 e. The molecule has 8 heteroatoms. The maximum absolute atomic E-state index is 5.89. The largest absolute Gasteiger partial charge is 0.356 e. The normalized spacial score (nSPS) is 17.7. The van der Waals surface area contributed by atoms with Gasteiger partial charge >= 0.3 is 0 Å². The van der Waals surface area contributed by atoms with Gasteiger partial charge in [-0.05, 0) is 42.9 Å². The minimum absolute atomic E-state index is 0.576. The van der Waals surface area contributed by atoms with Crippen LogP contribution in [0.15, 0.2) is 33.8 Å². The lowest BCUT2D eigenvalue weighted by molar-refractivity contribution is 0.378. The van der Waals surface area contributed by atoms with Crippen molar-refractivity contribution < 1.29 is 4.52 Å². The third kappa shape index (κ3) is 5.37. The molecule has 1 unspecified atom stereocenters. The molecule has 1 aromatic heterocycles. The molecule has 2 heterocycles. The topological polar surface area (TPSA) is 75.3 Å². The molecule has 1 fully saturated rings. The van der Waals surface area contributed by atoms with Gasteiger partial charge in [0.1, 0.15) is 0 Å². The second-order valence-corrected chi connectivity index (χ2v) is 7.63. The molecule has 0 spiro atoms. The summed E-state index contributed by atoms with van der Waals surface area (Å²) >= 11 is 7.92. The standard InChI is InChI=1S/C17H22ClN5OS/c1-19-17(21-11-14-3-2-10-25-14)20-9-8-15-22-16(23-24-15)12-4-6-13(18)7-5-12/h4-7,14H,2-3,8-11H2,1H3,(H2,19,20,21). The van der Waals surface area contributed by atoms with Crippen molar-refractivity contribution in [3.8, 4) is 11.4 Å². The molecule has 0 bridgehead atoms. The Balaban J connectivity index is 1.44. The summed E-state index contributed by atoms with van der Waals surface area (Å²) in [7, 11) is 1.78. The Morgan fingerprint density at radius 1 is 1.36 bits per heavy atom. The van der Waals surface area contributed by atoms with Crippen LogP contribution < -0.4 is 10.6 Å². The Labute approximate surface area is 156 Å². The first kappa shape index (κ1) is 18.1. The summed E-state index contributed by atoms with van der Waals surface area (Å²) in [5, 5.41) is 12.1. The van der Waals surface area contributed by atoms with Crippen LogP contribution in [0.3, 0.4) is 0 Å². The van der Waals surface area contributed by atoms with Crippen molar-refractivity contribution in [1.82, 2.24) is 20.8 Å². The van der Waals surface area contributed by atoms with E-state index in [0.29, 0.717) is 35.0 Å². The highest BCUT2D eigenvalue weighted by molar-refractivity contribution is 8.00. The molecule has 0 aliphatic carbocycles. The Bertz CT molecular complexity index is 697. The number of guanidine groups is 1. The van der Waals surface area contributed by atoms with E-state index in [1.807, 2.05) is 36.0 Å². The molecule has 1 atom stereocenters. The second kappa shape index (κ2) is 9.10. The summed E-state index contributed by atoms with van der Waals surface area (Å²) in [6.07, 6.45) is 3.24. The van der Waals surface area contributed by atoms with Crippen LogP contribution in [0.25, 0.3) is 11.4 Å². The molecule has 2 N–H and O–H groups in total. The molecule has 0 amide bonds. The van der Waals surface area contributed by atoms with Crippen LogP contribution in [-0.2, 0) is 6.42 Å². The van der Waals surface area contributed by atoms with Crippen molar-refractivity contribution in [3.05, 3.63) is 35.2 Å². The second-order valence-electron chi connectivity index (χ2n) is 5.78. The molecule has 1 aromatic carbocycles.